The first kappa shape index (κ1) is 27.7. The van der Waals surface area contributed by atoms with E-state index in [2.05, 4.69) is 16.0 Å². The molecule has 0 aromatic heterocycles. The van der Waals surface area contributed by atoms with E-state index >= 15 is 0 Å². The van der Waals surface area contributed by atoms with Crippen LogP contribution in [0.25, 0.3) is 0 Å². The maximum absolute atomic E-state index is 12.9. The minimum absolute atomic E-state index is 0.0110. The highest BCUT2D eigenvalue weighted by atomic mass is 16.4. The number of primary amides is 1. The number of nitrogens with zero attached hydrogens (tertiary/aromatic N) is 1. The van der Waals surface area contributed by atoms with Gasteiger partial charge >= 0.3 is 12.1 Å². The molecule has 0 saturated carbocycles. The number of aliphatic hydroxyl groups is 1. The Labute approximate surface area is 192 Å². The average Bonchev–Trinajstić information content (AvgIpc) is 2.74. The summed E-state index contributed by atoms with van der Waals surface area (Å²) in [7, 11) is 1.39. The van der Waals surface area contributed by atoms with E-state index in [0.29, 0.717) is 23.2 Å². The summed E-state index contributed by atoms with van der Waals surface area (Å²) < 4.78 is 0. The molecule has 1 rings (SSSR count). The van der Waals surface area contributed by atoms with Gasteiger partial charge in [0.2, 0.25) is 11.8 Å². The van der Waals surface area contributed by atoms with Crippen molar-refractivity contribution in [3.05, 3.63) is 29.3 Å². The van der Waals surface area contributed by atoms with Crippen molar-refractivity contribution >= 4 is 29.6 Å². The van der Waals surface area contributed by atoms with Gasteiger partial charge in [-0.25, -0.2) is 9.59 Å². The lowest BCUT2D eigenvalue weighted by atomic mass is 10.0. The molecule has 184 valence electrons. The van der Waals surface area contributed by atoms with Gasteiger partial charge in [-0.3, -0.25) is 9.59 Å². The van der Waals surface area contributed by atoms with Crippen molar-refractivity contribution in [2.75, 3.05) is 18.9 Å². The number of nitrogens with one attached hydrogen (secondary N) is 3. The van der Waals surface area contributed by atoms with E-state index in [0.717, 1.165) is 4.90 Å². The van der Waals surface area contributed by atoms with Gasteiger partial charge in [-0.05, 0) is 42.0 Å². The van der Waals surface area contributed by atoms with Crippen LogP contribution in [0.15, 0.2) is 18.2 Å². The van der Waals surface area contributed by atoms with Crippen molar-refractivity contribution in [3.63, 3.8) is 0 Å². The molecular weight excluding hydrogens is 432 g/mol. The molecule has 1 aromatic rings. The Morgan fingerprint density at radius 2 is 1.79 bits per heavy atom. The molecule has 33 heavy (non-hydrogen) atoms. The van der Waals surface area contributed by atoms with Gasteiger partial charge in [-0.1, -0.05) is 19.9 Å². The van der Waals surface area contributed by atoms with Gasteiger partial charge in [0.1, 0.15) is 6.04 Å². The summed E-state index contributed by atoms with van der Waals surface area (Å²) in [5, 5.41) is 26.4. The van der Waals surface area contributed by atoms with Crippen LogP contribution >= 0.6 is 0 Å². The van der Waals surface area contributed by atoms with E-state index in [9.17, 15) is 24.3 Å². The van der Waals surface area contributed by atoms with Crippen molar-refractivity contribution < 1.29 is 29.4 Å². The first-order valence-corrected chi connectivity index (χ1v) is 10.5. The zero-order chi connectivity index (χ0) is 25.1. The zero-order valence-electron chi connectivity index (χ0n) is 19.1. The Kier molecular flexibility index (Phi) is 11.1. The number of hydrogen-bond donors (Lipinski definition) is 7. The molecule has 0 fully saturated rings. The highest BCUT2D eigenvalue weighted by Gasteiger charge is 2.25. The molecule has 2 atom stereocenters. The third-order valence-corrected chi connectivity index (χ3v) is 5.00. The number of carbonyl (C=O) groups excluding carboxylic acids is 3. The van der Waals surface area contributed by atoms with Crippen LogP contribution in [-0.4, -0.2) is 64.7 Å². The van der Waals surface area contributed by atoms with Crippen LogP contribution in [-0.2, 0) is 22.7 Å². The molecule has 0 saturated heterocycles. The Morgan fingerprint density at radius 1 is 1.12 bits per heavy atom. The summed E-state index contributed by atoms with van der Waals surface area (Å²) in [4.78, 5) is 48.4. The van der Waals surface area contributed by atoms with E-state index in [-0.39, 0.29) is 32.0 Å². The fourth-order valence-electron chi connectivity index (χ4n) is 2.91. The van der Waals surface area contributed by atoms with Gasteiger partial charge in [0.05, 0.1) is 12.6 Å². The second-order valence-electron chi connectivity index (χ2n) is 8.03. The maximum atomic E-state index is 12.9. The SMILES string of the molecule is CC(C)C(N)C(=O)NC(CCCNC(N)=O)C(=O)Nc1ccc(CO)c(CN(C)C(=O)O)c1. The van der Waals surface area contributed by atoms with Crippen LogP contribution in [0, 0.1) is 5.92 Å². The summed E-state index contributed by atoms with van der Waals surface area (Å²) >= 11 is 0. The van der Waals surface area contributed by atoms with Crippen LogP contribution in [0.3, 0.4) is 0 Å². The summed E-state index contributed by atoms with van der Waals surface area (Å²) in [5.74, 6) is -1.12. The van der Waals surface area contributed by atoms with Crippen LogP contribution in [0.4, 0.5) is 15.3 Å². The normalized spacial score (nSPS) is 12.5. The van der Waals surface area contributed by atoms with E-state index in [1.807, 2.05) is 0 Å². The Hall–Kier alpha value is -3.38. The number of benzene rings is 1. The highest BCUT2D eigenvalue weighted by molar-refractivity contribution is 5.98. The van der Waals surface area contributed by atoms with Crippen molar-refractivity contribution in [2.45, 2.75) is 51.9 Å². The zero-order valence-corrected chi connectivity index (χ0v) is 19.1. The number of urea groups is 1. The topological polar surface area (TPSA) is 200 Å². The molecular formula is C21H34N6O6. The minimum Gasteiger partial charge on any atom is -0.465 e. The number of amides is 5. The van der Waals surface area contributed by atoms with Gasteiger partial charge < -0.3 is 42.5 Å². The third kappa shape index (κ3) is 9.33. The van der Waals surface area contributed by atoms with Gasteiger partial charge in [-0.15, -0.1) is 0 Å². The first-order chi connectivity index (χ1) is 15.5. The van der Waals surface area contributed by atoms with Gasteiger partial charge in [-0.2, -0.15) is 0 Å². The standard InChI is InChI=1S/C21H34N6O6/c1-12(2)17(22)19(30)26-16(5-4-8-24-20(23)31)18(29)25-15-7-6-13(11-28)14(9-15)10-27(3)21(32)33/h6-7,9,12,16-17,28H,4-5,8,10-11,22H2,1-3H3,(H,25,29)(H,26,30)(H,32,33)(H3,23,24,31). The molecule has 0 aliphatic rings. The van der Waals surface area contributed by atoms with Gasteiger partial charge in [0.15, 0.2) is 0 Å². The van der Waals surface area contributed by atoms with E-state index in [1.165, 1.54) is 7.05 Å². The fourth-order valence-corrected chi connectivity index (χ4v) is 2.91. The predicted octanol–water partition coefficient (Wildman–Crippen LogP) is 0.144. The van der Waals surface area contributed by atoms with Crippen LogP contribution in [0.5, 0.6) is 0 Å². The van der Waals surface area contributed by atoms with Crippen molar-refractivity contribution in [1.82, 2.24) is 15.5 Å². The van der Waals surface area contributed by atoms with Crippen molar-refractivity contribution in [3.8, 4) is 0 Å². The lowest BCUT2D eigenvalue weighted by Gasteiger charge is -2.23. The second-order valence-corrected chi connectivity index (χ2v) is 8.03. The quantitative estimate of drug-likeness (QED) is 0.212. The number of nitrogens with two attached hydrogens (primary N) is 2. The lowest BCUT2D eigenvalue weighted by molar-refractivity contribution is -0.128. The van der Waals surface area contributed by atoms with Gasteiger partial charge in [0, 0.05) is 25.8 Å². The third-order valence-electron chi connectivity index (χ3n) is 5.00. The molecule has 1 aromatic carbocycles. The largest absolute Gasteiger partial charge is 0.465 e. The Morgan fingerprint density at radius 3 is 2.33 bits per heavy atom. The van der Waals surface area contributed by atoms with Gasteiger partial charge in [0.25, 0.3) is 0 Å². The summed E-state index contributed by atoms with van der Waals surface area (Å²) in [6.45, 7) is 3.51. The molecule has 0 bridgehead atoms. The molecule has 0 aliphatic heterocycles. The summed E-state index contributed by atoms with van der Waals surface area (Å²) in [6, 6.07) is 2.30. The lowest BCUT2D eigenvalue weighted by Crippen LogP contribution is -2.51. The molecule has 12 heteroatoms. The number of anilines is 1. The number of carboxylic acid groups (broad SMARTS) is 1. The molecule has 0 aliphatic carbocycles. The number of hydrogen-bond acceptors (Lipinski definition) is 6. The average molecular weight is 467 g/mol. The minimum atomic E-state index is -1.14. The number of carbonyl (C=O) groups is 4. The van der Waals surface area contributed by atoms with Crippen LogP contribution in [0.2, 0.25) is 0 Å². The van der Waals surface area contributed by atoms with E-state index in [4.69, 9.17) is 16.6 Å². The fraction of sp³-hybridized carbons (Fsp3) is 0.524. The first-order valence-electron chi connectivity index (χ1n) is 10.5. The number of rotatable bonds is 12. The molecule has 0 radical (unpaired) electrons. The highest BCUT2D eigenvalue weighted by Crippen LogP contribution is 2.19. The molecule has 0 spiro atoms. The van der Waals surface area contributed by atoms with E-state index < -0.39 is 36.0 Å². The van der Waals surface area contributed by atoms with Crippen LogP contribution in [0.1, 0.15) is 37.8 Å². The Bertz CT molecular complexity index is 847. The molecule has 5 amide bonds. The smallest absolute Gasteiger partial charge is 0.407 e. The van der Waals surface area contributed by atoms with Crippen LogP contribution < -0.4 is 27.4 Å². The summed E-state index contributed by atoms with van der Waals surface area (Å²) in [6.07, 6.45) is -0.551. The summed E-state index contributed by atoms with van der Waals surface area (Å²) in [5.41, 5.74) is 12.3. The predicted molar refractivity (Wildman–Crippen MR) is 122 cm³/mol. The van der Waals surface area contributed by atoms with Crippen molar-refractivity contribution in [1.29, 1.82) is 0 Å². The maximum Gasteiger partial charge on any atom is 0.407 e. The molecule has 2 unspecified atom stereocenters. The monoisotopic (exact) mass is 466 g/mol. The van der Waals surface area contributed by atoms with Crippen molar-refractivity contribution in [2.24, 2.45) is 17.4 Å². The Balaban J connectivity index is 3.00. The molecule has 0 heterocycles. The molecule has 12 nitrogen and oxygen atoms in total. The molecule has 9 N–H and O–H groups in total. The second kappa shape index (κ2) is 13.2. The number of aliphatic hydroxyl groups excluding tert-OH is 1. The van der Waals surface area contributed by atoms with E-state index in [1.54, 1.807) is 32.0 Å².